The number of anilines is 1. The number of rotatable bonds is 3. The summed E-state index contributed by atoms with van der Waals surface area (Å²) in [5.41, 5.74) is 1.08. The Balaban J connectivity index is 1.94. The van der Waals surface area contributed by atoms with Gasteiger partial charge in [-0.05, 0) is 12.1 Å². The lowest BCUT2D eigenvalue weighted by atomic mass is 10.3. The highest BCUT2D eigenvalue weighted by atomic mass is 15.2. The lowest BCUT2D eigenvalue weighted by molar-refractivity contribution is 0.955. The lowest BCUT2D eigenvalue weighted by Crippen LogP contribution is -2.00. The van der Waals surface area contributed by atoms with Gasteiger partial charge in [-0.3, -0.25) is 5.10 Å². The van der Waals surface area contributed by atoms with E-state index in [-0.39, 0.29) is 0 Å². The molecule has 0 unspecified atom stereocenters. The van der Waals surface area contributed by atoms with Crippen molar-refractivity contribution >= 4 is 5.69 Å². The molecule has 0 aliphatic carbocycles. The fourth-order valence-electron chi connectivity index (χ4n) is 1.06. The summed E-state index contributed by atoms with van der Waals surface area (Å²) >= 11 is 0. The van der Waals surface area contributed by atoms with E-state index in [0.717, 1.165) is 11.5 Å². The largest absolute Gasteiger partial charge is 0.378 e. The summed E-state index contributed by atoms with van der Waals surface area (Å²) in [4.78, 5) is 4.00. The van der Waals surface area contributed by atoms with Crippen LogP contribution in [0.3, 0.4) is 0 Å². The molecular formula is C9H10N4. The Morgan fingerprint density at radius 1 is 1.23 bits per heavy atom. The van der Waals surface area contributed by atoms with Gasteiger partial charge in [-0.25, -0.2) is 4.98 Å². The van der Waals surface area contributed by atoms with E-state index in [2.05, 4.69) is 20.5 Å². The number of nitrogens with zero attached hydrogens (tertiary/aromatic N) is 2. The molecule has 0 bridgehead atoms. The maximum atomic E-state index is 4.00. The Kier molecular flexibility index (Phi) is 2.22. The molecule has 13 heavy (non-hydrogen) atoms. The van der Waals surface area contributed by atoms with Gasteiger partial charge in [-0.1, -0.05) is 18.2 Å². The number of H-pyrrole nitrogens is 1. The zero-order valence-electron chi connectivity index (χ0n) is 7.07. The van der Waals surface area contributed by atoms with Gasteiger partial charge in [0.2, 0.25) is 0 Å². The van der Waals surface area contributed by atoms with Gasteiger partial charge in [0.1, 0.15) is 12.2 Å². The third-order valence-electron chi connectivity index (χ3n) is 1.70. The van der Waals surface area contributed by atoms with E-state index in [1.165, 1.54) is 6.33 Å². The third kappa shape index (κ3) is 2.05. The quantitative estimate of drug-likeness (QED) is 0.739. The van der Waals surface area contributed by atoms with Crippen molar-refractivity contribution in [3.63, 3.8) is 0 Å². The van der Waals surface area contributed by atoms with Crippen molar-refractivity contribution in [1.29, 1.82) is 0 Å². The van der Waals surface area contributed by atoms with Crippen LogP contribution >= 0.6 is 0 Å². The summed E-state index contributed by atoms with van der Waals surface area (Å²) in [5.74, 6) is 0.837. The molecule has 0 amide bonds. The molecule has 0 spiro atoms. The summed E-state index contributed by atoms with van der Waals surface area (Å²) in [7, 11) is 0. The Labute approximate surface area is 76.0 Å². The van der Waals surface area contributed by atoms with Crippen molar-refractivity contribution in [3.8, 4) is 0 Å². The van der Waals surface area contributed by atoms with Crippen LogP contribution in [0.15, 0.2) is 36.7 Å². The Bertz CT molecular complexity index is 341. The summed E-state index contributed by atoms with van der Waals surface area (Å²) in [6.07, 6.45) is 1.50. The van der Waals surface area contributed by atoms with Gasteiger partial charge < -0.3 is 5.32 Å². The Hall–Kier alpha value is -1.84. The number of benzene rings is 1. The molecule has 0 radical (unpaired) electrons. The first kappa shape index (κ1) is 7.79. The number of aromatic amines is 1. The molecule has 0 aliphatic heterocycles. The topological polar surface area (TPSA) is 53.6 Å². The van der Waals surface area contributed by atoms with E-state index in [1.54, 1.807) is 0 Å². The molecule has 2 rings (SSSR count). The highest BCUT2D eigenvalue weighted by Gasteiger charge is 1.93. The van der Waals surface area contributed by atoms with E-state index >= 15 is 0 Å². The first-order valence-corrected chi connectivity index (χ1v) is 4.08. The second-order valence-electron chi connectivity index (χ2n) is 2.65. The van der Waals surface area contributed by atoms with E-state index in [9.17, 15) is 0 Å². The molecular weight excluding hydrogens is 164 g/mol. The van der Waals surface area contributed by atoms with Crippen LogP contribution in [0.25, 0.3) is 0 Å². The van der Waals surface area contributed by atoms with Gasteiger partial charge in [0.05, 0.1) is 6.54 Å². The average molecular weight is 174 g/mol. The summed E-state index contributed by atoms with van der Waals surface area (Å²) in [6, 6.07) is 9.98. The zero-order chi connectivity index (χ0) is 8.93. The van der Waals surface area contributed by atoms with Crippen molar-refractivity contribution in [1.82, 2.24) is 15.2 Å². The van der Waals surface area contributed by atoms with Crippen LogP contribution in [0.5, 0.6) is 0 Å². The minimum absolute atomic E-state index is 0.671. The van der Waals surface area contributed by atoms with Crippen LogP contribution in [-0.2, 0) is 6.54 Å². The normalized spacial score (nSPS) is 9.85. The molecule has 1 aromatic heterocycles. The molecule has 0 saturated heterocycles. The van der Waals surface area contributed by atoms with Gasteiger partial charge in [0.25, 0.3) is 0 Å². The lowest BCUT2D eigenvalue weighted by Gasteiger charge is -2.02. The second kappa shape index (κ2) is 3.71. The van der Waals surface area contributed by atoms with Gasteiger partial charge in [-0.15, -0.1) is 0 Å². The second-order valence-corrected chi connectivity index (χ2v) is 2.65. The van der Waals surface area contributed by atoms with Gasteiger partial charge in [-0.2, -0.15) is 5.10 Å². The first-order chi connectivity index (χ1) is 6.45. The number of hydrogen-bond acceptors (Lipinski definition) is 3. The van der Waals surface area contributed by atoms with Crippen molar-refractivity contribution in [3.05, 3.63) is 42.5 Å². The number of hydrogen-bond donors (Lipinski definition) is 2. The molecule has 0 saturated carbocycles. The van der Waals surface area contributed by atoms with Gasteiger partial charge >= 0.3 is 0 Å². The van der Waals surface area contributed by atoms with Crippen LogP contribution in [0, 0.1) is 0 Å². The average Bonchev–Trinajstić information content (AvgIpc) is 2.69. The highest BCUT2D eigenvalue weighted by Crippen LogP contribution is 2.05. The van der Waals surface area contributed by atoms with Gasteiger partial charge in [0.15, 0.2) is 0 Å². The number of aromatic nitrogens is 3. The van der Waals surface area contributed by atoms with Crippen LogP contribution in [0.2, 0.25) is 0 Å². The molecule has 4 nitrogen and oxygen atoms in total. The van der Waals surface area contributed by atoms with Gasteiger partial charge in [0, 0.05) is 5.69 Å². The monoisotopic (exact) mass is 174 g/mol. The molecule has 1 heterocycles. The fraction of sp³-hybridized carbons (Fsp3) is 0.111. The van der Waals surface area contributed by atoms with Crippen LogP contribution in [0.4, 0.5) is 5.69 Å². The molecule has 66 valence electrons. The van der Waals surface area contributed by atoms with Crippen LogP contribution < -0.4 is 5.32 Å². The molecule has 2 aromatic rings. The van der Waals surface area contributed by atoms with Crippen molar-refractivity contribution < 1.29 is 0 Å². The number of nitrogens with one attached hydrogen (secondary N) is 2. The number of para-hydroxylation sites is 1. The summed E-state index contributed by atoms with van der Waals surface area (Å²) in [6.45, 7) is 0.671. The Morgan fingerprint density at radius 3 is 2.77 bits per heavy atom. The fourth-order valence-corrected chi connectivity index (χ4v) is 1.06. The first-order valence-electron chi connectivity index (χ1n) is 4.08. The molecule has 0 aliphatic rings. The van der Waals surface area contributed by atoms with Crippen molar-refractivity contribution in [2.75, 3.05) is 5.32 Å². The highest BCUT2D eigenvalue weighted by molar-refractivity contribution is 5.42. The minimum Gasteiger partial charge on any atom is -0.378 e. The minimum atomic E-state index is 0.671. The molecule has 0 fully saturated rings. The van der Waals surface area contributed by atoms with Crippen molar-refractivity contribution in [2.24, 2.45) is 0 Å². The third-order valence-corrected chi connectivity index (χ3v) is 1.70. The SMILES string of the molecule is c1ccc(NCc2ncn[nH]2)cc1. The van der Waals surface area contributed by atoms with E-state index in [0.29, 0.717) is 6.54 Å². The maximum Gasteiger partial charge on any atom is 0.143 e. The molecule has 1 aromatic carbocycles. The van der Waals surface area contributed by atoms with E-state index < -0.39 is 0 Å². The molecule has 4 heteroatoms. The van der Waals surface area contributed by atoms with Crippen molar-refractivity contribution in [2.45, 2.75) is 6.54 Å². The summed E-state index contributed by atoms with van der Waals surface area (Å²) in [5, 5.41) is 9.76. The predicted octanol–water partition coefficient (Wildman–Crippen LogP) is 1.42. The van der Waals surface area contributed by atoms with Crippen LogP contribution in [-0.4, -0.2) is 15.2 Å². The Morgan fingerprint density at radius 2 is 2.08 bits per heavy atom. The predicted molar refractivity (Wildman–Crippen MR) is 50.2 cm³/mol. The standard InChI is InChI=1S/C9H10N4/c1-2-4-8(5-3-1)10-6-9-11-7-12-13-9/h1-5,7,10H,6H2,(H,11,12,13). The van der Waals surface area contributed by atoms with E-state index in [1.807, 2.05) is 30.3 Å². The summed E-state index contributed by atoms with van der Waals surface area (Å²) < 4.78 is 0. The maximum absolute atomic E-state index is 4.00. The molecule has 0 atom stereocenters. The molecule has 2 N–H and O–H groups in total. The zero-order valence-corrected chi connectivity index (χ0v) is 7.07. The smallest absolute Gasteiger partial charge is 0.143 e. The van der Waals surface area contributed by atoms with Crippen LogP contribution in [0.1, 0.15) is 5.82 Å². The van der Waals surface area contributed by atoms with E-state index in [4.69, 9.17) is 0 Å².